The summed E-state index contributed by atoms with van der Waals surface area (Å²) in [5.74, 6) is 0.291. The van der Waals surface area contributed by atoms with Crippen LogP contribution in [0.5, 0.6) is 0 Å². The number of amides is 2. The van der Waals surface area contributed by atoms with E-state index in [0.717, 1.165) is 70.5 Å². The third kappa shape index (κ3) is 2.86. The van der Waals surface area contributed by atoms with Gasteiger partial charge in [0, 0.05) is 37.0 Å². The average Bonchev–Trinajstić information content (AvgIpc) is 3.53. The third-order valence-electron chi connectivity index (χ3n) is 14.5. The van der Waals surface area contributed by atoms with E-state index >= 15 is 0 Å². The molecule has 2 aromatic heterocycles. The van der Waals surface area contributed by atoms with Crippen molar-refractivity contribution in [3.63, 3.8) is 0 Å². The van der Waals surface area contributed by atoms with E-state index in [1.165, 1.54) is 0 Å². The van der Waals surface area contributed by atoms with Gasteiger partial charge in [0.15, 0.2) is 0 Å². The number of para-hydroxylation sites is 4. The Labute approximate surface area is 270 Å². The van der Waals surface area contributed by atoms with Gasteiger partial charge in [-0.05, 0) is 60.8 Å². The molecule has 2 aromatic carbocycles. The average molecular weight is 615 g/mol. The lowest BCUT2D eigenvalue weighted by Crippen LogP contribution is -2.61. The van der Waals surface area contributed by atoms with Crippen molar-refractivity contribution in [3.05, 3.63) is 71.3 Å². The Balaban J connectivity index is 1.04. The van der Waals surface area contributed by atoms with Crippen LogP contribution in [-0.4, -0.2) is 67.7 Å². The molecule has 236 valence electrons. The molecule has 2 saturated carbocycles. The molecule has 8 heteroatoms. The van der Waals surface area contributed by atoms with Crippen LogP contribution in [0.1, 0.15) is 90.0 Å². The van der Waals surface area contributed by atoms with Crippen molar-refractivity contribution in [2.24, 2.45) is 10.8 Å². The minimum atomic E-state index is -0.727. The highest BCUT2D eigenvalue weighted by Crippen LogP contribution is 2.72. The molecular formula is C38H42N6O2. The van der Waals surface area contributed by atoms with Gasteiger partial charge in [-0.3, -0.25) is 9.59 Å². The molecule has 8 nitrogen and oxygen atoms in total. The van der Waals surface area contributed by atoms with Crippen molar-refractivity contribution in [2.75, 3.05) is 26.2 Å². The highest BCUT2D eigenvalue weighted by molar-refractivity contribution is 5.95. The fourth-order valence-electron chi connectivity index (χ4n) is 10.7. The molecular weight excluding hydrogens is 572 g/mol. The van der Waals surface area contributed by atoms with E-state index < -0.39 is 10.8 Å². The molecule has 4 aliphatic carbocycles. The van der Waals surface area contributed by atoms with E-state index in [1.807, 2.05) is 58.3 Å². The smallest absolute Gasteiger partial charge is 0.235 e. The van der Waals surface area contributed by atoms with Crippen molar-refractivity contribution < 1.29 is 9.59 Å². The van der Waals surface area contributed by atoms with Crippen molar-refractivity contribution in [1.29, 1.82) is 0 Å². The molecule has 4 bridgehead atoms. The number of benzene rings is 2. The molecule has 0 radical (unpaired) electrons. The highest BCUT2D eigenvalue weighted by atomic mass is 16.2. The summed E-state index contributed by atoms with van der Waals surface area (Å²) in [6.45, 7) is 15.6. The Hall–Kier alpha value is -3.94. The number of hydrogen-bond acceptors (Lipinski definition) is 6. The number of fused-ring (bicyclic) bond motifs is 12. The van der Waals surface area contributed by atoms with Crippen LogP contribution in [0.4, 0.5) is 0 Å². The lowest BCUT2D eigenvalue weighted by Gasteiger charge is -2.46. The van der Waals surface area contributed by atoms with E-state index in [2.05, 4.69) is 41.5 Å². The van der Waals surface area contributed by atoms with E-state index in [1.54, 1.807) is 0 Å². The topological polar surface area (TPSA) is 92.2 Å². The van der Waals surface area contributed by atoms with Gasteiger partial charge in [-0.15, -0.1) is 0 Å². The standard InChI is InChI=1S/C38H42N6O2/c1-33(2)35(5)15-17-37(33,29-27(35)39-23-11-7-9-13-25(23)41-29)31(45)43-19-21-44(22-20-43)32(46)38-18-16-36(6,34(38,3)4)28-30(38)42-26-14-10-8-12-24(26)40-28/h7-14H,15-22H2,1-6H3/t35-,36-,37-,38+/m1/s1. The monoisotopic (exact) mass is 614 g/mol. The predicted molar refractivity (Wildman–Crippen MR) is 176 cm³/mol. The maximum Gasteiger partial charge on any atom is 0.235 e. The Kier molecular flexibility index (Phi) is 5.23. The largest absolute Gasteiger partial charge is 0.338 e. The van der Waals surface area contributed by atoms with E-state index in [4.69, 9.17) is 19.9 Å². The molecule has 1 aliphatic heterocycles. The quantitative estimate of drug-likeness (QED) is 0.292. The highest BCUT2D eigenvalue weighted by Gasteiger charge is 2.75. The number of hydrogen-bond donors (Lipinski definition) is 0. The number of rotatable bonds is 2. The second kappa shape index (κ2) is 8.50. The minimum Gasteiger partial charge on any atom is -0.338 e. The van der Waals surface area contributed by atoms with Crippen molar-refractivity contribution in [1.82, 2.24) is 29.7 Å². The third-order valence-corrected chi connectivity index (χ3v) is 14.5. The summed E-state index contributed by atoms with van der Waals surface area (Å²) in [7, 11) is 0. The summed E-state index contributed by atoms with van der Waals surface area (Å²) in [6.07, 6.45) is 3.37. The first-order chi connectivity index (χ1) is 21.8. The first kappa shape index (κ1) is 28.3. The SMILES string of the molecule is CC1(C)[C@]2(C(=O)N3CCN(C(=O)[C@]45CC[C@](C)(c6nc7ccccc7nc64)C5(C)C)CC3)CC[C@]1(C)c1nc3ccccc3nc12. The van der Waals surface area contributed by atoms with Crippen LogP contribution in [0.3, 0.4) is 0 Å². The molecule has 4 atom stereocenters. The number of carbonyl (C=O) groups excluding carboxylic acids is 2. The zero-order valence-corrected chi connectivity index (χ0v) is 27.8. The van der Waals surface area contributed by atoms with Crippen LogP contribution in [0.25, 0.3) is 22.1 Å². The van der Waals surface area contributed by atoms with Gasteiger partial charge in [0.1, 0.15) is 0 Å². The van der Waals surface area contributed by atoms with Crippen LogP contribution >= 0.6 is 0 Å². The van der Waals surface area contributed by atoms with Crippen molar-refractivity contribution in [3.8, 4) is 0 Å². The normalized spacial score (nSPS) is 33.1. The molecule has 9 rings (SSSR count). The Morgan fingerprint density at radius 1 is 0.500 bits per heavy atom. The molecule has 3 fully saturated rings. The van der Waals surface area contributed by atoms with Crippen LogP contribution < -0.4 is 0 Å². The molecule has 0 unspecified atom stereocenters. The van der Waals surface area contributed by atoms with Crippen LogP contribution in [0.2, 0.25) is 0 Å². The van der Waals surface area contributed by atoms with Crippen LogP contribution in [0, 0.1) is 10.8 Å². The fraction of sp³-hybridized carbons (Fsp3) is 0.526. The Morgan fingerprint density at radius 2 is 0.804 bits per heavy atom. The van der Waals surface area contributed by atoms with E-state index in [0.29, 0.717) is 26.2 Å². The van der Waals surface area contributed by atoms with Gasteiger partial charge in [-0.1, -0.05) is 65.8 Å². The maximum absolute atomic E-state index is 14.9. The summed E-state index contributed by atoms with van der Waals surface area (Å²) in [5, 5.41) is 0. The van der Waals surface area contributed by atoms with Crippen molar-refractivity contribution in [2.45, 2.75) is 88.9 Å². The first-order valence-corrected chi connectivity index (χ1v) is 17.0. The number of nitrogens with zero attached hydrogens (tertiary/aromatic N) is 6. The summed E-state index contributed by atoms with van der Waals surface area (Å²) in [6, 6.07) is 16.0. The second-order valence-corrected chi connectivity index (χ2v) is 16.1. The molecule has 1 saturated heterocycles. The van der Waals surface area contributed by atoms with Gasteiger partial charge in [-0.2, -0.15) is 0 Å². The number of piperazine rings is 1. The van der Waals surface area contributed by atoms with Gasteiger partial charge in [0.2, 0.25) is 11.8 Å². The molecule has 0 spiro atoms. The molecule has 2 amide bonds. The number of aromatic nitrogens is 4. The summed E-state index contributed by atoms with van der Waals surface area (Å²) in [5.41, 5.74) is 4.59. The summed E-state index contributed by atoms with van der Waals surface area (Å²) in [4.78, 5) is 54.4. The van der Waals surface area contributed by atoms with Gasteiger partial charge in [0.05, 0.1) is 55.7 Å². The van der Waals surface area contributed by atoms with Gasteiger partial charge in [-0.25, -0.2) is 19.9 Å². The fourth-order valence-corrected chi connectivity index (χ4v) is 10.7. The second-order valence-electron chi connectivity index (χ2n) is 16.1. The molecule has 5 aliphatic rings. The number of carbonyl (C=O) groups is 2. The summed E-state index contributed by atoms with van der Waals surface area (Å²) >= 11 is 0. The molecule has 3 heterocycles. The van der Waals surface area contributed by atoms with Gasteiger partial charge in [0.25, 0.3) is 0 Å². The molecule has 4 aromatic rings. The zero-order valence-electron chi connectivity index (χ0n) is 27.8. The van der Waals surface area contributed by atoms with E-state index in [9.17, 15) is 9.59 Å². The lowest BCUT2D eigenvalue weighted by molar-refractivity contribution is -0.150. The van der Waals surface area contributed by atoms with E-state index in [-0.39, 0.29) is 33.5 Å². The zero-order chi connectivity index (χ0) is 32.1. The predicted octanol–water partition coefficient (Wildman–Crippen LogP) is 5.60. The minimum absolute atomic E-state index is 0.145. The Morgan fingerprint density at radius 3 is 1.13 bits per heavy atom. The van der Waals surface area contributed by atoms with Crippen LogP contribution in [-0.2, 0) is 31.2 Å². The maximum atomic E-state index is 14.9. The van der Waals surface area contributed by atoms with Gasteiger partial charge < -0.3 is 9.80 Å². The summed E-state index contributed by atoms with van der Waals surface area (Å²) < 4.78 is 0. The van der Waals surface area contributed by atoms with Gasteiger partial charge >= 0.3 is 0 Å². The first-order valence-electron chi connectivity index (χ1n) is 17.0. The molecule has 46 heavy (non-hydrogen) atoms. The van der Waals surface area contributed by atoms with Crippen LogP contribution in [0.15, 0.2) is 48.5 Å². The Bertz CT molecular complexity index is 1890. The lowest BCUT2D eigenvalue weighted by atomic mass is 9.63. The molecule has 0 N–H and O–H groups in total. The van der Waals surface area contributed by atoms with Crippen molar-refractivity contribution >= 4 is 33.9 Å².